The van der Waals surface area contributed by atoms with Gasteiger partial charge in [0.2, 0.25) is 0 Å². The monoisotopic (exact) mass is 183 g/mol. The minimum absolute atomic E-state index is 0.124. The summed E-state index contributed by atoms with van der Waals surface area (Å²) < 4.78 is 0. The molecule has 0 aromatic rings. The van der Waals surface area contributed by atoms with Gasteiger partial charge in [-0.15, -0.1) is 0 Å². The highest BCUT2D eigenvalue weighted by Gasteiger charge is 2.10. The zero-order chi connectivity index (χ0) is 10.5. The Balaban J connectivity index is 4.12. The van der Waals surface area contributed by atoms with Crippen molar-refractivity contribution in [2.75, 3.05) is 0 Å². The van der Waals surface area contributed by atoms with Crippen molar-refractivity contribution in [3.8, 4) is 0 Å². The van der Waals surface area contributed by atoms with E-state index in [0.717, 1.165) is 0 Å². The van der Waals surface area contributed by atoms with Gasteiger partial charge in [0.25, 0.3) is 0 Å². The molecule has 0 aromatic carbocycles. The Morgan fingerprint density at radius 3 is 2.38 bits per heavy atom. The Labute approximate surface area is 78.9 Å². The highest BCUT2D eigenvalue weighted by atomic mass is 16.2. The van der Waals surface area contributed by atoms with Crippen LogP contribution >= 0.6 is 0 Å². The number of hydrogen-bond acceptors (Lipinski definition) is 2. The van der Waals surface area contributed by atoms with E-state index in [9.17, 15) is 4.79 Å². The first-order valence-electron chi connectivity index (χ1n) is 4.10. The molecule has 0 saturated carbocycles. The van der Waals surface area contributed by atoms with Gasteiger partial charge in [-0.3, -0.25) is 0 Å². The lowest BCUT2D eigenvalue weighted by Crippen LogP contribution is -2.24. The van der Waals surface area contributed by atoms with Crippen molar-refractivity contribution in [3.63, 3.8) is 0 Å². The lowest BCUT2D eigenvalue weighted by Gasteiger charge is -2.18. The van der Waals surface area contributed by atoms with Crippen molar-refractivity contribution in [2.45, 2.75) is 27.7 Å². The molecule has 0 spiro atoms. The average Bonchev–Trinajstić information content (AvgIpc) is 1.95. The van der Waals surface area contributed by atoms with Gasteiger partial charge in [-0.1, -0.05) is 26.3 Å². The van der Waals surface area contributed by atoms with Crippen LogP contribution in [0.4, 0.5) is 4.79 Å². The molecule has 0 aliphatic rings. The Morgan fingerprint density at radius 1 is 1.46 bits per heavy atom. The second-order valence-corrected chi connectivity index (χ2v) is 3.85. The van der Waals surface area contributed by atoms with E-state index < -0.39 is 6.03 Å². The second-order valence-electron chi connectivity index (χ2n) is 3.85. The summed E-state index contributed by atoms with van der Waals surface area (Å²) in [6.07, 6.45) is 3.36. The Kier molecular flexibility index (Phi) is 4.17. The molecular formula is C9H17N3O. The molecule has 0 rings (SSSR count). The summed E-state index contributed by atoms with van der Waals surface area (Å²) in [5.41, 5.74) is 8.23. The molecule has 0 unspecified atom stereocenters. The van der Waals surface area contributed by atoms with E-state index in [1.165, 1.54) is 11.8 Å². The summed E-state index contributed by atoms with van der Waals surface area (Å²) in [7, 11) is 0. The van der Waals surface area contributed by atoms with Gasteiger partial charge in [-0.25, -0.2) is 10.2 Å². The molecule has 0 bridgehead atoms. The molecule has 0 radical (unpaired) electrons. The summed E-state index contributed by atoms with van der Waals surface area (Å²) in [5.74, 6) is 0. The fourth-order valence-corrected chi connectivity index (χ4v) is 0.500. The number of rotatable bonds is 2. The number of nitrogens with one attached hydrogen (secondary N) is 1. The number of carbonyl (C=O) groups is 1. The fraction of sp³-hybridized carbons (Fsp3) is 0.556. The highest BCUT2D eigenvalue weighted by molar-refractivity contribution is 5.76. The topological polar surface area (TPSA) is 67.5 Å². The van der Waals surface area contributed by atoms with Crippen LogP contribution in [-0.4, -0.2) is 12.2 Å². The van der Waals surface area contributed by atoms with Crippen molar-refractivity contribution in [3.05, 3.63) is 11.6 Å². The van der Waals surface area contributed by atoms with Crippen molar-refractivity contribution in [1.29, 1.82) is 0 Å². The first-order valence-corrected chi connectivity index (χ1v) is 4.10. The number of urea groups is 1. The molecule has 3 N–H and O–H groups in total. The van der Waals surface area contributed by atoms with Crippen molar-refractivity contribution in [1.82, 2.24) is 5.43 Å². The molecule has 0 fully saturated rings. The van der Waals surface area contributed by atoms with E-state index in [1.807, 2.05) is 13.0 Å². The molecule has 4 heteroatoms. The largest absolute Gasteiger partial charge is 0.350 e. The summed E-state index contributed by atoms with van der Waals surface area (Å²) in [5, 5.41) is 3.60. The molecule has 74 valence electrons. The third kappa shape index (κ3) is 5.90. The van der Waals surface area contributed by atoms with Gasteiger partial charge in [0, 0.05) is 6.21 Å². The van der Waals surface area contributed by atoms with E-state index in [4.69, 9.17) is 5.73 Å². The minimum atomic E-state index is -0.655. The SMILES string of the molecule is C/C(=C\C=N/NC(N)=O)C(C)(C)C. The number of carbonyl (C=O) groups excluding carboxylic acids is 1. The maximum absolute atomic E-state index is 10.2. The Morgan fingerprint density at radius 2 is 2.00 bits per heavy atom. The lowest BCUT2D eigenvalue weighted by atomic mass is 9.88. The van der Waals surface area contributed by atoms with E-state index in [1.54, 1.807) is 0 Å². The van der Waals surface area contributed by atoms with Crippen molar-refractivity contribution in [2.24, 2.45) is 16.3 Å². The third-order valence-electron chi connectivity index (χ3n) is 1.76. The number of hydrazone groups is 1. The number of hydrogen-bond donors (Lipinski definition) is 2. The van der Waals surface area contributed by atoms with E-state index in [2.05, 4.69) is 31.3 Å². The molecule has 13 heavy (non-hydrogen) atoms. The third-order valence-corrected chi connectivity index (χ3v) is 1.76. The quantitative estimate of drug-likeness (QED) is 0.496. The summed E-state index contributed by atoms with van der Waals surface area (Å²) in [6, 6.07) is -0.655. The molecule has 0 aromatic heterocycles. The van der Waals surface area contributed by atoms with Gasteiger partial charge < -0.3 is 5.73 Å². The minimum Gasteiger partial charge on any atom is -0.350 e. The number of nitrogens with two attached hydrogens (primary N) is 1. The number of nitrogens with zero attached hydrogens (tertiary/aromatic N) is 1. The van der Waals surface area contributed by atoms with Gasteiger partial charge in [-0.05, 0) is 18.4 Å². The molecule has 0 atom stereocenters. The second kappa shape index (κ2) is 4.64. The average molecular weight is 183 g/mol. The van der Waals surface area contributed by atoms with Gasteiger partial charge in [-0.2, -0.15) is 5.10 Å². The summed E-state index contributed by atoms with van der Waals surface area (Å²) in [4.78, 5) is 10.2. The van der Waals surface area contributed by atoms with Crippen LogP contribution in [0.1, 0.15) is 27.7 Å². The Hall–Kier alpha value is -1.32. The molecule has 2 amide bonds. The van der Waals surface area contributed by atoms with Gasteiger partial charge in [0.15, 0.2) is 0 Å². The molecule has 0 heterocycles. The summed E-state index contributed by atoms with van der Waals surface area (Å²) in [6.45, 7) is 8.33. The predicted octanol–water partition coefficient (Wildman–Crippen LogP) is 1.63. The number of allylic oxidation sites excluding steroid dienone is 2. The fourth-order valence-electron chi connectivity index (χ4n) is 0.500. The van der Waals surface area contributed by atoms with Crippen molar-refractivity contribution >= 4 is 12.2 Å². The number of primary amides is 1. The van der Waals surface area contributed by atoms with Crippen LogP contribution in [0, 0.1) is 5.41 Å². The van der Waals surface area contributed by atoms with Crippen LogP contribution in [0.3, 0.4) is 0 Å². The maximum atomic E-state index is 10.2. The first-order chi connectivity index (χ1) is 5.84. The van der Waals surface area contributed by atoms with Crippen molar-refractivity contribution < 1.29 is 4.79 Å². The smallest absolute Gasteiger partial charge is 0.332 e. The summed E-state index contributed by atoms with van der Waals surface area (Å²) >= 11 is 0. The van der Waals surface area contributed by atoms with Crippen LogP contribution in [0.5, 0.6) is 0 Å². The van der Waals surface area contributed by atoms with Gasteiger partial charge in [0.1, 0.15) is 0 Å². The van der Waals surface area contributed by atoms with Crippen LogP contribution in [0.15, 0.2) is 16.8 Å². The predicted molar refractivity (Wildman–Crippen MR) is 54.4 cm³/mol. The standard InChI is InChI=1S/C9H17N3O/c1-7(9(2,3)4)5-6-11-12-8(10)13/h5-6H,1-4H3,(H3,10,12,13)/b7-5+,11-6-. The van der Waals surface area contributed by atoms with Crippen LogP contribution in [0.25, 0.3) is 0 Å². The molecule has 0 saturated heterocycles. The van der Waals surface area contributed by atoms with E-state index in [0.29, 0.717) is 0 Å². The van der Waals surface area contributed by atoms with Crippen LogP contribution in [-0.2, 0) is 0 Å². The highest BCUT2D eigenvalue weighted by Crippen LogP contribution is 2.23. The normalized spacial score (nSPS) is 13.4. The molecule has 4 nitrogen and oxygen atoms in total. The molecule has 0 aliphatic heterocycles. The Bertz CT molecular complexity index is 236. The zero-order valence-corrected chi connectivity index (χ0v) is 8.59. The van der Waals surface area contributed by atoms with E-state index in [-0.39, 0.29) is 5.41 Å². The van der Waals surface area contributed by atoms with Crippen LogP contribution in [0.2, 0.25) is 0 Å². The molecular weight excluding hydrogens is 166 g/mol. The lowest BCUT2D eigenvalue weighted by molar-refractivity contribution is 0.249. The number of amides is 2. The van der Waals surface area contributed by atoms with Gasteiger partial charge in [0.05, 0.1) is 0 Å². The van der Waals surface area contributed by atoms with Crippen LogP contribution < -0.4 is 11.2 Å². The molecule has 0 aliphatic carbocycles. The maximum Gasteiger partial charge on any atom is 0.332 e. The van der Waals surface area contributed by atoms with Gasteiger partial charge >= 0.3 is 6.03 Å². The zero-order valence-electron chi connectivity index (χ0n) is 8.59. The first kappa shape index (κ1) is 11.7. The van der Waals surface area contributed by atoms with E-state index >= 15 is 0 Å².